The molecule has 4 nitrogen and oxygen atoms in total. The Labute approximate surface area is 103 Å². The number of ether oxygens (including phenoxy) is 1. The van der Waals surface area contributed by atoms with Crippen molar-refractivity contribution in [2.24, 2.45) is 0 Å². The zero-order valence-corrected chi connectivity index (χ0v) is 10.7. The van der Waals surface area contributed by atoms with Crippen molar-refractivity contribution >= 4 is 5.97 Å². The molecule has 98 valence electrons. The van der Waals surface area contributed by atoms with Crippen molar-refractivity contribution in [2.75, 3.05) is 20.1 Å². The lowest BCUT2D eigenvalue weighted by Gasteiger charge is -2.26. The first-order valence-corrected chi connectivity index (χ1v) is 6.68. The van der Waals surface area contributed by atoms with Gasteiger partial charge in [0.1, 0.15) is 6.10 Å². The highest BCUT2D eigenvalue weighted by Crippen LogP contribution is 2.32. The third-order valence-electron chi connectivity index (χ3n) is 3.98. The summed E-state index contributed by atoms with van der Waals surface area (Å²) in [5, 5.41) is 10.2. The number of cyclic esters (lactones) is 1. The Kier molecular flexibility index (Phi) is 4.05. The van der Waals surface area contributed by atoms with Gasteiger partial charge in [0.25, 0.3) is 0 Å². The van der Waals surface area contributed by atoms with Crippen LogP contribution in [0.4, 0.5) is 0 Å². The smallest absolute Gasteiger partial charge is 0.306 e. The highest BCUT2D eigenvalue weighted by molar-refractivity contribution is 5.71. The molecule has 4 heteroatoms. The highest BCUT2D eigenvalue weighted by atomic mass is 16.5. The van der Waals surface area contributed by atoms with Gasteiger partial charge in [-0.25, -0.2) is 0 Å². The number of aliphatic hydroxyl groups is 1. The van der Waals surface area contributed by atoms with Gasteiger partial charge in [-0.3, -0.25) is 4.79 Å². The third-order valence-corrected chi connectivity index (χ3v) is 3.98. The fraction of sp³-hybridized carbons (Fsp3) is 0.923. The van der Waals surface area contributed by atoms with E-state index < -0.39 is 5.60 Å². The van der Waals surface area contributed by atoms with Crippen molar-refractivity contribution in [3.05, 3.63) is 0 Å². The maximum absolute atomic E-state index is 11.0. The minimum atomic E-state index is -0.430. The molecule has 2 aliphatic rings. The van der Waals surface area contributed by atoms with Crippen LogP contribution < -0.4 is 0 Å². The average Bonchev–Trinajstić information content (AvgIpc) is 2.86. The molecule has 2 rings (SSSR count). The molecule has 1 saturated carbocycles. The predicted octanol–water partition coefficient (Wildman–Crippen LogP) is 1.32. The lowest BCUT2D eigenvalue weighted by molar-refractivity contribution is -0.141. The van der Waals surface area contributed by atoms with Crippen LogP contribution in [0.1, 0.15) is 44.9 Å². The summed E-state index contributed by atoms with van der Waals surface area (Å²) in [6, 6.07) is 0. The molecular formula is C13H23NO3. The van der Waals surface area contributed by atoms with E-state index in [2.05, 4.69) is 4.90 Å². The minimum absolute atomic E-state index is 0.0609. The van der Waals surface area contributed by atoms with E-state index in [1.54, 1.807) is 0 Å². The Morgan fingerprint density at radius 1 is 1.47 bits per heavy atom. The largest absolute Gasteiger partial charge is 0.461 e. The molecule has 0 aromatic rings. The first-order chi connectivity index (χ1) is 8.07. The van der Waals surface area contributed by atoms with E-state index in [-0.39, 0.29) is 12.1 Å². The van der Waals surface area contributed by atoms with Gasteiger partial charge in [-0.2, -0.15) is 0 Å². The van der Waals surface area contributed by atoms with Crippen LogP contribution in [0.2, 0.25) is 0 Å². The summed E-state index contributed by atoms with van der Waals surface area (Å²) >= 11 is 0. The van der Waals surface area contributed by atoms with Crippen molar-refractivity contribution in [3.8, 4) is 0 Å². The van der Waals surface area contributed by atoms with Crippen LogP contribution in [0.15, 0.2) is 0 Å². The number of carbonyl (C=O) groups is 1. The summed E-state index contributed by atoms with van der Waals surface area (Å²) in [5.74, 6) is -0.0715. The number of nitrogens with zero attached hydrogens (tertiary/aromatic N) is 1. The molecule has 1 aliphatic heterocycles. The summed E-state index contributed by atoms with van der Waals surface area (Å²) in [6.07, 6.45) is 6.49. The van der Waals surface area contributed by atoms with Crippen LogP contribution in [0.3, 0.4) is 0 Å². The van der Waals surface area contributed by atoms with Gasteiger partial charge in [-0.1, -0.05) is 12.8 Å². The Morgan fingerprint density at radius 2 is 2.18 bits per heavy atom. The predicted molar refractivity (Wildman–Crippen MR) is 64.6 cm³/mol. The molecular weight excluding hydrogens is 218 g/mol. The number of likely N-dealkylation sites (N-methyl/N-ethyl adjacent to an activating group) is 1. The van der Waals surface area contributed by atoms with Gasteiger partial charge < -0.3 is 14.7 Å². The molecule has 1 saturated heterocycles. The van der Waals surface area contributed by atoms with Crippen molar-refractivity contribution in [3.63, 3.8) is 0 Å². The fourth-order valence-corrected chi connectivity index (χ4v) is 2.83. The molecule has 1 heterocycles. The number of rotatable bonds is 5. The first kappa shape index (κ1) is 12.8. The van der Waals surface area contributed by atoms with Crippen LogP contribution in [0.25, 0.3) is 0 Å². The van der Waals surface area contributed by atoms with Gasteiger partial charge in [0.2, 0.25) is 0 Å². The van der Waals surface area contributed by atoms with E-state index >= 15 is 0 Å². The van der Waals surface area contributed by atoms with Crippen LogP contribution in [-0.4, -0.2) is 47.8 Å². The number of esters is 1. The van der Waals surface area contributed by atoms with Crippen LogP contribution in [0, 0.1) is 0 Å². The van der Waals surface area contributed by atoms with Gasteiger partial charge in [0.05, 0.1) is 5.60 Å². The van der Waals surface area contributed by atoms with Gasteiger partial charge in [-0.15, -0.1) is 0 Å². The first-order valence-electron chi connectivity index (χ1n) is 6.68. The van der Waals surface area contributed by atoms with Crippen molar-refractivity contribution in [2.45, 2.75) is 56.7 Å². The lowest BCUT2D eigenvalue weighted by atomic mass is 9.98. The van der Waals surface area contributed by atoms with Crippen molar-refractivity contribution in [1.82, 2.24) is 4.90 Å². The van der Waals surface area contributed by atoms with Crippen LogP contribution >= 0.6 is 0 Å². The molecule has 1 N–H and O–H groups in total. The van der Waals surface area contributed by atoms with E-state index in [9.17, 15) is 9.90 Å². The Balaban J connectivity index is 1.66. The SMILES string of the molecule is CN(CCC1(O)CCCC1)CC1CCC(=O)O1. The summed E-state index contributed by atoms with van der Waals surface area (Å²) in [7, 11) is 2.03. The van der Waals surface area contributed by atoms with Gasteiger partial charge in [-0.05, 0) is 32.7 Å². The monoisotopic (exact) mass is 241 g/mol. The van der Waals surface area contributed by atoms with Crippen LogP contribution in [-0.2, 0) is 9.53 Å². The second-order valence-corrected chi connectivity index (χ2v) is 5.59. The standard InChI is InChI=1S/C13H23NO3/c1-14(10-11-4-5-12(15)17-11)9-8-13(16)6-2-3-7-13/h11,16H,2-10H2,1H3. The zero-order chi connectivity index (χ0) is 12.3. The minimum Gasteiger partial charge on any atom is -0.461 e. The molecule has 0 spiro atoms. The van der Waals surface area contributed by atoms with Crippen LogP contribution in [0.5, 0.6) is 0 Å². The number of hydrogen-bond donors (Lipinski definition) is 1. The molecule has 0 amide bonds. The molecule has 0 aromatic carbocycles. The fourth-order valence-electron chi connectivity index (χ4n) is 2.83. The van der Waals surface area contributed by atoms with Crippen molar-refractivity contribution < 1.29 is 14.6 Å². The van der Waals surface area contributed by atoms with E-state index in [1.165, 1.54) is 0 Å². The van der Waals surface area contributed by atoms with Crippen molar-refractivity contribution in [1.29, 1.82) is 0 Å². The molecule has 1 atom stereocenters. The Bertz CT molecular complexity index is 274. The Hall–Kier alpha value is -0.610. The molecule has 0 aromatic heterocycles. The Morgan fingerprint density at radius 3 is 2.76 bits per heavy atom. The molecule has 0 bridgehead atoms. The summed E-state index contributed by atoms with van der Waals surface area (Å²) < 4.78 is 5.19. The highest BCUT2D eigenvalue weighted by Gasteiger charge is 2.31. The molecule has 0 radical (unpaired) electrons. The van der Waals surface area contributed by atoms with E-state index in [0.29, 0.717) is 6.42 Å². The summed E-state index contributed by atoms with van der Waals surface area (Å²) in [4.78, 5) is 13.1. The number of carbonyl (C=O) groups excluding carboxylic acids is 1. The molecule has 17 heavy (non-hydrogen) atoms. The average molecular weight is 241 g/mol. The normalized spacial score (nSPS) is 27.7. The zero-order valence-electron chi connectivity index (χ0n) is 10.7. The summed E-state index contributed by atoms with van der Waals surface area (Å²) in [6.45, 7) is 1.67. The lowest BCUT2D eigenvalue weighted by Crippen LogP contribution is -2.35. The summed E-state index contributed by atoms with van der Waals surface area (Å²) in [5.41, 5.74) is -0.430. The maximum Gasteiger partial charge on any atom is 0.306 e. The van der Waals surface area contributed by atoms with Gasteiger partial charge >= 0.3 is 5.97 Å². The second kappa shape index (κ2) is 5.36. The quantitative estimate of drug-likeness (QED) is 0.738. The second-order valence-electron chi connectivity index (χ2n) is 5.59. The maximum atomic E-state index is 11.0. The van der Waals surface area contributed by atoms with Gasteiger partial charge in [0.15, 0.2) is 0 Å². The molecule has 1 aliphatic carbocycles. The van der Waals surface area contributed by atoms with Gasteiger partial charge in [0, 0.05) is 19.5 Å². The number of hydrogen-bond acceptors (Lipinski definition) is 4. The van der Waals surface area contributed by atoms with E-state index in [1.807, 2.05) is 7.05 Å². The van der Waals surface area contributed by atoms with E-state index in [0.717, 1.165) is 51.6 Å². The third kappa shape index (κ3) is 3.68. The van der Waals surface area contributed by atoms with E-state index in [4.69, 9.17) is 4.74 Å². The molecule has 1 unspecified atom stereocenters. The topological polar surface area (TPSA) is 49.8 Å². The molecule has 2 fully saturated rings.